The number of rotatable bonds is 3. The van der Waals surface area contributed by atoms with Crippen LogP contribution in [0.2, 0.25) is 0 Å². The van der Waals surface area contributed by atoms with Crippen LogP contribution in [0.1, 0.15) is 21.5 Å². The molecule has 146 valence electrons. The fourth-order valence-electron chi connectivity index (χ4n) is 2.27. The van der Waals surface area contributed by atoms with Crippen LogP contribution >= 0.6 is 0 Å². The van der Waals surface area contributed by atoms with Gasteiger partial charge in [-0.25, -0.2) is 4.68 Å². The molecular formula is C16H9F6N5O. The van der Waals surface area contributed by atoms with Gasteiger partial charge in [0.05, 0.1) is 16.8 Å². The van der Waals surface area contributed by atoms with E-state index in [1.54, 1.807) is 0 Å². The van der Waals surface area contributed by atoms with E-state index >= 15 is 0 Å². The highest BCUT2D eigenvalue weighted by molar-refractivity contribution is 6.04. The standard InChI is InChI=1S/C16H9F6N5O/c17-15(18,19)10-5-9(6-11(7-10)16(20,21)22)14(28)24-12-1-3-13(4-2-12)27-8-23-25-26-27/h1-8H,(H,24,28). The Bertz CT molecular complexity index is 948. The van der Waals surface area contributed by atoms with E-state index in [9.17, 15) is 31.1 Å². The van der Waals surface area contributed by atoms with Crippen LogP contribution in [-0.4, -0.2) is 26.1 Å². The van der Waals surface area contributed by atoms with Gasteiger partial charge in [0.2, 0.25) is 0 Å². The molecule has 1 heterocycles. The lowest BCUT2D eigenvalue weighted by atomic mass is 10.0. The molecule has 0 atom stereocenters. The number of carbonyl (C=O) groups is 1. The molecular weight excluding hydrogens is 392 g/mol. The number of anilines is 1. The molecule has 0 aliphatic rings. The lowest BCUT2D eigenvalue weighted by Crippen LogP contribution is -2.17. The highest BCUT2D eigenvalue weighted by Gasteiger charge is 2.37. The van der Waals surface area contributed by atoms with Gasteiger partial charge in [-0.3, -0.25) is 4.79 Å². The van der Waals surface area contributed by atoms with Crippen LogP contribution in [0.4, 0.5) is 32.0 Å². The molecule has 6 nitrogen and oxygen atoms in total. The first-order chi connectivity index (χ1) is 13.0. The van der Waals surface area contributed by atoms with Gasteiger partial charge in [-0.05, 0) is 52.9 Å². The summed E-state index contributed by atoms with van der Waals surface area (Å²) in [6.45, 7) is 0. The summed E-state index contributed by atoms with van der Waals surface area (Å²) in [5, 5.41) is 12.8. The Morgan fingerprint density at radius 2 is 1.46 bits per heavy atom. The van der Waals surface area contributed by atoms with Gasteiger partial charge in [0, 0.05) is 11.3 Å². The number of tetrazole rings is 1. The minimum atomic E-state index is -5.04. The van der Waals surface area contributed by atoms with Crippen molar-refractivity contribution in [2.24, 2.45) is 0 Å². The van der Waals surface area contributed by atoms with Crippen molar-refractivity contribution < 1.29 is 31.1 Å². The molecule has 0 bridgehead atoms. The molecule has 0 aliphatic carbocycles. The zero-order valence-electron chi connectivity index (χ0n) is 13.6. The second-order valence-electron chi connectivity index (χ2n) is 5.55. The third-order valence-corrected chi connectivity index (χ3v) is 3.59. The number of carbonyl (C=O) groups excluding carboxylic acids is 1. The zero-order valence-corrected chi connectivity index (χ0v) is 13.6. The van der Waals surface area contributed by atoms with Crippen molar-refractivity contribution in [1.29, 1.82) is 0 Å². The maximum atomic E-state index is 12.9. The molecule has 0 aliphatic heterocycles. The third-order valence-electron chi connectivity index (χ3n) is 3.59. The Morgan fingerprint density at radius 3 is 1.93 bits per heavy atom. The quantitative estimate of drug-likeness (QED) is 0.675. The minimum absolute atomic E-state index is 0.0439. The van der Waals surface area contributed by atoms with Crippen LogP contribution in [-0.2, 0) is 12.4 Å². The highest BCUT2D eigenvalue weighted by Crippen LogP contribution is 2.36. The second kappa shape index (κ2) is 6.94. The lowest BCUT2D eigenvalue weighted by Gasteiger charge is -2.14. The Hall–Kier alpha value is -3.44. The number of nitrogens with zero attached hydrogens (tertiary/aromatic N) is 4. The Morgan fingerprint density at radius 1 is 0.893 bits per heavy atom. The molecule has 0 spiro atoms. The number of halogens is 6. The van der Waals surface area contributed by atoms with E-state index < -0.39 is 35.0 Å². The molecule has 0 saturated carbocycles. The van der Waals surface area contributed by atoms with Crippen molar-refractivity contribution in [3.63, 3.8) is 0 Å². The predicted molar refractivity (Wildman–Crippen MR) is 83.6 cm³/mol. The SMILES string of the molecule is O=C(Nc1ccc(-n2cnnn2)cc1)c1cc(C(F)(F)F)cc(C(F)(F)F)c1. The van der Waals surface area contributed by atoms with Crippen molar-refractivity contribution in [2.45, 2.75) is 12.4 Å². The summed E-state index contributed by atoms with van der Waals surface area (Å²) in [5.41, 5.74) is -3.22. The van der Waals surface area contributed by atoms with E-state index in [4.69, 9.17) is 0 Å². The summed E-state index contributed by atoms with van der Waals surface area (Å²) in [7, 11) is 0. The fraction of sp³-hybridized carbons (Fsp3) is 0.125. The maximum Gasteiger partial charge on any atom is 0.416 e. The van der Waals surface area contributed by atoms with E-state index in [0.29, 0.717) is 17.8 Å². The molecule has 1 aromatic heterocycles. The minimum Gasteiger partial charge on any atom is -0.322 e. The molecule has 28 heavy (non-hydrogen) atoms. The van der Waals surface area contributed by atoms with Gasteiger partial charge in [0.1, 0.15) is 6.33 Å². The normalized spacial score (nSPS) is 12.1. The number of hydrogen-bond acceptors (Lipinski definition) is 4. The van der Waals surface area contributed by atoms with Crippen LogP contribution < -0.4 is 5.32 Å². The predicted octanol–water partition coefficient (Wildman–Crippen LogP) is 3.95. The number of nitrogens with one attached hydrogen (secondary N) is 1. The van der Waals surface area contributed by atoms with Crippen LogP contribution in [0, 0.1) is 0 Å². The molecule has 12 heteroatoms. The Labute approximate surface area is 152 Å². The van der Waals surface area contributed by atoms with E-state index in [1.807, 2.05) is 0 Å². The summed E-state index contributed by atoms with van der Waals surface area (Å²) in [6, 6.07) is 6.47. The van der Waals surface area contributed by atoms with E-state index in [-0.39, 0.29) is 11.8 Å². The van der Waals surface area contributed by atoms with Gasteiger partial charge in [0.25, 0.3) is 5.91 Å². The molecule has 1 amide bonds. The first-order valence-corrected chi connectivity index (χ1v) is 7.48. The number of benzene rings is 2. The van der Waals surface area contributed by atoms with E-state index in [0.717, 1.165) is 0 Å². The van der Waals surface area contributed by atoms with Crippen molar-refractivity contribution in [1.82, 2.24) is 20.2 Å². The van der Waals surface area contributed by atoms with Crippen LogP contribution in [0.15, 0.2) is 48.8 Å². The summed E-state index contributed by atoms with van der Waals surface area (Å²) >= 11 is 0. The van der Waals surface area contributed by atoms with Gasteiger partial charge in [-0.2, -0.15) is 26.3 Å². The third kappa shape index (κ3) is 4.27. The van der Waals surface area contributed by atoms with Gasteiger partial charge in [0.15, 0.2) is 0 Å². The highest BCUT2D eigenvalue weighted by atomic mass is 19.4. The Kier molecular flexibility index (Phi) is 4.79. The molecule has 0 unspecified atom stereocenters. The number of hydrogen-bond donors (Lipinski definition) is 1. The van der Waals surface area contributed by atoms with Crippen molar-refractivity contribution in [2.75, 3.05) is 5.32 Å². The number of alkyl halides is 6. The van der Waals surface area contributed by atoms with Crippen molar-refractivity contribution >= 4 is 11.6 Å². The first-order valence-electron chi connectivity index (χ1n) is 7.48. The smallest absolute Gasteiger partial charge is 0.322 e. The molecule has 3 aromatic rings. The summed E-state index contributed by atoms with van der Waals surface area (Å²) < 4.78 is 78.6. The molecule has 3 rings (SSSR count). The zero-order chi connectivity index (χ0) is 20.5. The second-order valence-corrected chi connectivity index (χ2v) is 5.55. The number of aromatic nitrogens is 4. The summed E-state index contributed by atoms with van der Waals surface area (Å²) in [4.78, 5) is 12.2. The van der Waals surface area contributed by atoms with Gasteiger partial charge in [-0.15, -0.1) is 5.10 Å². The fourth-order valence-corrected chi connectivity index (χ4v) is 2.27. The maximum absolute atomic E-state index is 12.9. The topological polar surface area (TPSA) is 72.7 Å². The monoisotopic (exact) mass is 401 g/mol. The first kappa shape index (κ1) is 19.3. The van der Waals surface area contributed by atoms with Crippen molar-refractivity contribution in [3.8, 4) is 5.69 Å². The van der Waals surface area contributed by atoms with Crippen LogP contribution in [0.3, 0.4) is 0 Å². The van der Waals surface area contributed by atoms with Gasteiger partial charge >= 0.3 is 12.4 Å². The lowest BCUT2D eigenvalue weighted by molar-refractivity contribution is -0.143. The Balaban J connectivity index is 1.87. The molecule has 1 N–H and O–H groups in total. The summed E-state index contributed by atoms with van der Waals surface area (Å²) in [5.74, 6) is -1.12. The van der Waals surface area contributed by atoms with Crippen LogP contribution in [0.5, 0.6) is 0 Å². The van der Waals surface area contributed by atoms with Crippen molar-refractivity contribution in [3.05, 3.63) is 65.5 Å². The van der Waals surface area contributed by atoms with Gasteiger partial charge < -0.3 is 5.32 Å². The molecule has 0 radical (unpaired) electrons. The van der Waals surface area contributed by atoms with Crippen LogP contribution in [0.25, 0.3) is 5.69 Å². The van der Waals surface area contributed by atoms with Gasteiger partial charge in [-0.1, -0.05) is 0 Å². The molecule has 0 fully saturated rings. The summed E-state index contributed by atoms with van der Waals surface area (Å²) in [6.07, 6.45) is -8.76. The average molecular weight is 401 g/mol. The number of amides is 1. The largest absolute Gasteiger partial charge is 0.416 e. The molecule has 0 saturated heterocycles. The van der Waals surface area contributed by atoms with E-state index in [1.165, 1.54) is 35.3 Å². The van der Waals surface area contributed by atoms with E-state index in [2.05, 4.69) is 20.8 Å². The average Bonchev–Trinajstić information content (AvgIpc) is 3.15. The molecule has 2 aromatic carbocycles.